The van der Waals surface area contributed by atoms with Crippen molar-refractivity contribution in [2.45, 2.75) is 13.3 Å². The maximum atomic E-state index is 12.8. The number of hydrogen-bond donors (Lipinski definition) is 0. The number of nitrogens with zero attached hydrogens (tertiary/aromatic N) is 3. The van der Waals surface area contributed by atoms with Crippen LogP contribution in [0.3, 0.4) is 0 Å². The van der Waals surface area contributed by atoms with Gasteiger partial charge in [-0.05, 0) is 54.4 Å². The lowest BCUT2D eigenvalue weighted by atomic mass is 10.0. The quantitative estimate of drug-likeness (QED) is 0.666. The van der Waals surface area contributed by atoms with E-state index in [0.29, 0.717) is 22.8 Å². The van der Waals surface area contributed by atoms with Crippen LogP contribution in [0.1, 0.15) is 18.9 Å². The first-order chi connectivity index (χ1) is 14.1. The summed E-state index contributed by atoms with van der Waals surface area (Å²) in [6, 6.07) is 11.0. The van der Waals surface area contributed by atoms with Crippen LogP contribution < -0.4 is 15.0 Å². The minimum absolute atomic E-state index is 0.103. The fraction of sp³-hybridized carbons (Fsp3) is 0.304. The maximum Gasteiger partial charge on any atom is 0.258 e. The van der Waals surface area contributed by atoms with Crippen molar-refractivity contribution in [2.75, 3.05) is 33.9 Å². The molecule has 1 aliphatic heterocycles. The number of aromatic nitrogens is 2. The Morgan fingerprint density at radius 3 is 2.52 bits per heavy atom. The summed E-state index contributed by atoms with van der Waals surface area (Å²) in [7, 11) is 3.18. The molecule has 6 nitrogen and oxygen atoms in total. The fourth-order valence-electron chi connectivity index (χ4n) is 3.70. The van der Waals surface area contributed by atoms with E-state index in [0.717, 1.165) is 37.2 Å². The SMILES string of the molecule is CCN1CC=C(c2ccc3nc(-c4ccc(OC)c(OC)c4)cc(=O)n3c2)CC1. The van der Waals surface area contributed by atoms with Crippen molar-refractivity contribution in [1.29, 1.82) is 0 Å². The fourth-order valence-corrected chi connectivity index (χ4v) is 3.70. The molecule has 0 spiro atoms. The summed E-state index contributed by atoms with van der Waals surface area (Å²) < 4.78 is 12.3. The van der Waals surface area contributed by atoms with Crippen LogP contribution in [-0.4, -0.2) is 48.1 Å². The standard InChI is InChI=1S/C23H25N3O3/c1-4-25-11-9-16(10-12-25)18-6-8-22-24-19(14-23(27)26(22)15-18)17-5-7-20(28-2)21(13-17)29-3/h5-9,13-15H,4,10-12H2,1-3H3. The first-order valence-corrected chi connectivity index (χ1v) is 9.80. The molecule has 1 aliphatic rings. The summed E-state index contributed by atoms with van der Waals surface area (Å²) in [5, 5.41) is 0. The van der Waals surface area contributed by atoms with Crippen molar-refractivity contribution in [3.63, 3.8) is 0 Å². The average molecular weight is 391 g/mol. The van der Waals surface area contributed by atoms with Gasteiger partial charge in [-0.1, -0.05) is 13.0 Å². The van der Waals surface area contributed by atoms with Gasteiger partial charge in [-0.25, -0.2) is 4.98 Å². The third-order valence-corrected chi connectivity index (χ3v) is 5.45. The zero-order chi connectivity index (χ0) is 20.4. The molecular formula is C23H25N3O3. The van der Waals surface area contributed by atoms with Gasteiger partial charge in [0.2, 0.25) is 0 Å². The number of pyridine rings is 1. The number of methoxy groups -OCH3 is 2. The molecule has 0 atom stereocenters. The number of fused-ring (bicyclic) bond motifs is 1. The summed E-state index contributed by atoms with van der Waals surface area (Å²) in [4.78, 5) is 19.9. The second kappa shape index (κ2) is 8.09. The number of hydrogen-bond acceptors (Lipinski definition) is 5. The highest BCUT2D eigenvalue weighted by atomic mass is 16.5. The zero-order valence-corrected chi connectivity index (χ0v) is 17.0. The van der Waals surface area contributed by atoms with Gasteiger partial charge >= 0.3 is 0 Å². The first kappa shape index (κ1) is 19.2. The van der Waals surface area contributed by atoms with Gasteiger partial charge in [0.1, 0.15) is 5.65 Å². The van der Waals surface area contributed by atoms with Crippen molar-refractivity contribution < 1.29 is 9.47 Å². The summed E-state index contributed by atoms with van der Waals surface area (Å²) in [6.45, 7) is 5.24. The van der Waals surface area contributed by atoms with Crippen LogP contribution in [0, 0.1) is 0 Å². The predicted octanol–water partition coefficient (Wildman–Crippen LogP) is 3.49. The van der Waals surface area contributed by atoms with E-state index in [1.807, 2.05) is 36.5 Å². The van der Waals surface area contributed by atoms with Crippen molar-refractivity contribution in [3.05, 3.63) is 64.6 Å². The third kappa shape index (κ3) is 3.76. The second-order valence-electron chi connectivity index (χ2n) is 7.07. The highest BCUT2D eigenvalue weighted by molar-refractivity contribution is 5.69. The van der Waals surface area contributed by atoms with Gasteiger partial charge in [-0.15, -0.1) is 0 Å². The molecule has 3 heterocycles. The van der Waals surface area contributed by atoms with E-state index >= 15 is 0 Å². The Bertz CT molecular complexity index is 1130. The maximum absolute atomic E-state index is 12.8. The number of benzene rings is 1. The molecule has 1 aromatic carbocycles. The number of likely N-dealkylation sites (N-methyl/N-ethyl adjacent to an activating group) is 1. The normalized spacial score (nSPS) is 14.7. The summed E-state index contributed by atoms with van der Waals surface area (Å²) in [5.41, 5.74) is 4.30. The minimum Gasteiger partial charge on any atom is -0.493 e. The van der Waals surface area contributed by atoms with Gasteiger partial charge in [0.15, 0.2) is 11.5 Å². The van der Waals surface area contributed by atoms with Gasteiger partial charge in [0, 0.05) is 30.9 Å². The molecule has 0 fully saturated rings. The third-order valence-electron chi connectivity index (χ3n) is 5.45. The molecule has 0 saturated heterocycles. The lowest BCUT2D eigenvalue weighted by Crippen LogP contribution is -2.28. The van der Waals surface area contributed by atoms with Crippen LogP contribution in [-0.2, 0) is 0 Å². The van der Waals surface area contributed by atoms with Crippen molar-refractivity contribution in [3.8, 4) is 22.8 Å². The molecule has 0 saturated carbocycles. The minimum atomic E-state index is -0.103. The molecule has 3 aromatic rings. The highest BCUT2D eigenvalue weighted by Crippen LogP contribution is 2.31. The Balaban J connectivity index is 1.72. The van der Waals surface area contributed by atoms with Crippen molar-refractivity contribution >= 4 is 11.2 Å². The van der Waals surface area contributed by atoms with E-state index in [1.54, 1.807) is 24.7 Å². The van der Waals surface area contributed by atoms with Crippen LogP contribution in [0.4, 0.5) is 0 Å². The van der Waals surface area contributed by atoms with E-state index < -0.39 is 0 Å². The van der Waals surface area contributed by atoms with E-state index in [1.165, 1.54) is 5.57 Å². The Kier molecular flexibility index (Phi) is 5.36. The van der Waals surface area contributed by atoms with E-state index in [9.17, 15) is 4.79 Å². The Morgan fingerprint density at radius 2 is 1.83 bits per heavy atom. The summed E-state index contributed by atoms with van der Waals surface area (Å²) in [5.74, 6) is 1.24. The van der Waals surface area contributed by atoms with Crippen molar-refractivity contribution in [2.24, 2.45) is 0 Å². The van der Waals surface area contributed by atoms with E-state index in [-0.39, 0.29) is 5.56 Å². The molecule has 0 bridgehead atoms. The average Bonchev–Trinajstić information content (AvgIpc) is 2.78. The van der Waals surface area contributed by atoms with Crippen LogP contribution in [0.25, 0.3) is 22.5 Å². The number of rotatable bonds is 5. The molecule has 150 valence electrons. The molecule has 2 aromatic heterocycles. The largest absolute Gasteiger partial charge is 0.493 e. The smallest absolute Gasteiger partial charge is 0.258 e. The monoisotopic (exact) mass is 391 g/mol. The zero-order valence-electron chi connectivity index (χ0n) is 17.0. The second-order valence-corrected chi connectivity index (χ2v) is 7.07. The number of ether oxygens (including phenoxy) is 2. The molecule has 0 radical (unpaired) electrons. The molecule has 4 rings (SSSR count). The lowest BCUT2D eigenvalue weighted by Gasteiger charge is -2.25. The van der Waals surface area contributed by atoms with Crippen LogP contribution >= 0.6 is 0 Å². The molecule has 6 heteroatoms. The van der Waals surface area contributed by atoms with Gasteiger partial charge in [-0.3, -0.25) is 14.1 Å². The highest BCUT2D eigenvalue weighted by Gasteiger charge is 2.13. The summed E-state index contributed by atoms with van der Waals surface area (Å²) >= 11 is 0. The molecular weight excluding hydrogens is 366 g/mol. The topological polar surface area (TPSA) is 56.1 Å². The molecule has 0 amide bonds. The van der Waals surface area contributed by atoms with Crippen LogP contribution in [0.5, 0.6) is 11.5 Å². The Hall–Kier alpha value is -3.12. The van der Waals surface area contributed by atoms with Crippen LogP contribution in [0.2, 0.25) is 0 Å². The van der Waals surface area contributed by atoms with Gasteiger partial charge < -0.3 is 9.47 Å². The first-order valence-electron chi connectivity index (χ1n) is 9.80. The predicted molar refractivity (Wildman–Crippen MR) is 115 cm³/mol. The molecule has 29 heavy (non-hydrogen) atoms. The van der Waals surface area contributed by atoms with Crippen LogP contribution in [0.15, 0.2) is 53.5 Å². The lowest BCUT2D eigenvalue weighted by molar-refractivity contribution is 0.318. The van der Waals surface area contributed by atoms with Crippen molar-refractivity contribution in [1.82, 2.24) is 14.3 Å². The Labute approximate surface area is 170 Å². The van der Waals surface area contributed by atoms with Gasteiger partial charge in [0.05, 0.1) is 19.9 Å². The van der Waals surface area contributed by atoms with Gasteiger partial charge in [0.25, 0.3) is 5.56 Å². The van der Waals surface area contributed by atoms with E-state index in [4.69, 9.17) is 9.47 Å². The molecule has 0 unspecified atom stereocenters. The van der Waals surface area contributed by atoms with Gasteiger partial charge in [-0.2, -0.15) is 0 Å². The Morgan fingerprint density at radius 1 is 1.03 bits per heavy atom. The van der Waals surface area contributed by atoms with E-state index in [2.05, 4.69) is 22.9 Å². The molecule has 0 aliphatic carbocycles. The summed E-state index contributed by atoms with van der Waals surface area (Å²) in [6.07, 6.45) is 5.15. The molecule has 0 N–H and O–H groups in total.